The van der Waals surface area contributed by atoms with Gasteiger partial charge in [-0.2, -0.15) is 0 Å². The Balaban J connectivity index is 1.56. The van der Waals surface area contributed by atoms with E-state index in [-0.39, 0.29) is 40.3 Å². The molecule has 3 fully saturated rings. The van der Waals surface area contributed by atoms with E-state index in [0.717, 1.165) is 57.8 Å². The van der Waals surface area contributed by atoms with Crippen LogP contribution in [0.1, 0.15) is 106 Å². The lowest BCUT2D eigenvalue weighted by Crippen LogP contribution is -2.59. The van der Waals surface area contributed by atoms with Crippen LogP contribution in [0.15, 0.2) is 11.1 Å². The van der Waals surface area contributed by atoms with E-state index in [1.807, 2.05) is 6.92 Å². The SMILES string of the molecule is CCC(=O)[C@@H]1C[C@@H](C)[C@]2(CC[C@@]3(C)C4=C(CC[C@@]32C)[C@@]2(C)CC[C@H](O)[C@](C)(CO)[C@@H]2CC4)O1. The second-order valence-corrected chi connectivity index (χ2v) is 13.3. The van der Waals surface area contributed by atoms with Gasteiger partial charge in [0.2, 0.25) is 0 Å². The van der Waals surface area contributed by atoms with Gasteiger partial charge in [0, 0.05) is 17.3 Å². The van der Waals surface area contributed by atoms with Crippen LogP contribution in [0.4, 0.5) is 0 Å². The number of allylic oxidation sites excluding steroid dienone is 2. The molecular formula is C29H46O4. The highest BCUT2D eigenvalue weighted by Crippen LogP contribution is 2.75. The number of hydrogen-bond acceptors (Lipinski definition) is 4. The van der Waals surface area contributed by atoms with Crippen molar-refractivity contribution in [2.75, 3.05) is 6.61 Å². The number of carbonyl (C=O) groups is 1. The Bertz CT molecular complexity index is 879. The summed E-state index contributed by atoms with van der Waals surface area (Å²) in [5, 5.41) is 21.2. The highest BCUT2D eigenvalue weighted by Gasteiger charge is 2.71. The Kier molecular flexibility index (Phi) is 5.38. The molecule has 2 N–H and O–H groups in total. The molecule has 4 nitrogen and oxygen atoms in total. The molecule has 0 radical (unpaired) electrons. The van der Waals surface area contributed by atoms with Gasteiger partial charge in [-0.15, -0.1) is 0 Å². The van der Waals surface area contributed by atoms with Crippen molar-refractivity contribution >= 4 is 5.78 Å². The number of fused-ring (bicyclic) bond motifs is 5. The maximum atomic E-state index is 12.6. The fourth-order valence-corrected chi connectivity index (χ4v) is 10.1. The molecule has 9 atom stereocenters. The lowest BCUT2D eigenvalue weighted by Gasteiger charge is -2.63. The van der Waals surface area contributed by atoms with Crippen molar-refractivity contribution in [3.8, 4) is 0 Å². The number of hydrogen-bond donors (Lipinski definition) is 2. The van der Waals surface area contributed by atoms with Crippen LogP contribution < -0.4 is 0 Å². The van der Waals surface area contributed by atoms with Crippen LogP contribution in [0.25, 0.3) is 0 Å². The van der Waals surface area contributed by atoms with E-state index in [1.54, 1.807) is 11.1 Å². The average molecular weight is 459 g/mol. The normalized spacial score (nSPS) is 53.7. The number of carbonyl (C=O) groups excluding carboxylic acids is 1. The first-order valence-electron chi connectivity index (χ1n) is 13.7. The molecule has 2 saturated carbocycles. The molecule has 0 unspecified atom stereocenters. The Morgan fingerprint density at radius 1 is 1.03 bits per heavy atom. The highest BCUT2D eigenvalue weighted by atomic mass is 16.5. The van der Waals surface area contributed by atoms with Crippen molar-refractivity contribution in [2.24, 2.45) is 33.5 Å². The molecule has 5 rings (SSSR count). The molecule has 186 valence electrons. The number of Topliss-reactive ketones (excluding diaryl/α,β-unsaturated/α-hetero) is 1. The first-order valence-corrected chi connectivity index (χ1v) is 13.7. The predicted octanol–water partition coefficient (Wildman–Crippen LogP) is 5.60. The van der Waals surface area contributed by atoms with Crippen LogP contribution in [0.2, 0.25) is 0 Å². The minimum Gasteiger partial charge on any atom is -0.396 e. The Morgan fingerprint density at radius 2 is 1.76 bits per heavy atom. The summed E-state index contributed by atoms with van der Waals surface area (Å²) in [6, 6.07) is 0. The summed E-state index contributed by atoms with van der Waals surface area (Å²) in [6.45, 7) is 13.9. The molecule has 0 bridgehead atoms. The summed E-state index contributed by atoms with van der Waals surface area (Å²) in [5.74, 6) is 0.999. The molecule has 33 heavy (non-hydrogen) atoms. The molecule has 0 amide bonds. The van der Waals surface area contributed by atoms with Crippen LogP contribution in [0, 0.1) is 33.5 Å². The first kappa shape index (κ1) is 24.0. The van der Waals surface area contributed by atoms with Crippen LogP contribution in [-0.4, -0.2) is 40.4 Å². The summed E-state index contributed by atoms with van der Waals surface area (Å²) in [4.78, 5) is 12.6. The van der Waals surface area contributed by atoms with E-state index < -0.39 is 11.5 Å². The lowest BCUT2D eigenvalue weighted by atomic mass is 9.42. The van der Waals surface area contributed by atoms with Gasteiger partial charge in [0.05, 0.1) is 18.3 Å². The second-order valence-electron chi connectivity index (χ2n) is 13.3. The third-order valence-corrected chi connectivity index (χ3v) is 12.5. The summed E-state index contributed by atoms with van der Waals surface area (Å²) in [6.07, 6.45) is 9.12. The monoisotopic (exact) mass is 458 g/mol. The van der Waals surface area contributed by atoms with Gasteiger partial charge < -0.3 is 14.9 Å². The number of rotatable bonds is 3. The Labute approximate surface area is 200 Å². The molecule has 4 heteroatoms. The fraction of sp³-hybridized carbons (Fsp3) is 0.897. The standard InChI is InChI=1S/C29H46O4/c1-7-21(31)22-16-18(2)29(33-22)15-14-27(5)20-8-9-23-25(3,19(20)10-13-28(27,29)6)12-11-24(32)26(23,4)17-30/h18,22-24,30,32H,7-17H2,1-6H3/t18-,22+,23-,24+,25-,26-,27+,28+,29+/m1/s1. The van der Waals surface area contributed by atoms with Crippen LogP contribution in [0.5, 0.6) is 0 Å². The molecular weight excluding hydrogens is 412 g/mol. The third kappa shape index (κ3) is 2.72. The van der Waals surface area contributed by atoms with E-state index in [1.165, 1.54) is 0 Å². The van der Waals surface area contributed by atoms with Crippen molar-refractivity contribution < 1.29 is 19.7 Å². The Morgan fingerprint density at radius 3 is 2.42 bits per heavy atom. The number of aliphatic hydroxyl groups is 2. The van der Waals surface area contributed by atoms with Crippen molar-refractivity contribution in [3.05, 3.63) is 11.1 Å². The molecule has 4 aliphatic carbocycles. The number of ketones is 1. The van der Waals surface area contributed by atoms with E-state index in [4.69, 9.17) is 4.74 Å². The second kappa shape index (κ2) is 7.40. The maximum absolute atomic E-state index is 12.6. The molecule has 5 aliphatic rings. The highest BCUT2D eigenvalue weighted by molar-refractivity contribution is 5.83. The molecule has 0 aromatic heterocycles. The smallest absolute Gasteiger partial charge is 0.161 e. The minimum atomic E-state index is -0.416. The average Bonchev–Trinajstić information content (AvgIpc) is 3.26. The molecule has 1 spiro atoms. The number of aliphatic hydroxyl groups excluding tert-OH is 2. The van der Waals surface area contributed by atoms with Gasteiger partial charge >= 0.3 is 0 Å². The van der Waals surface area contributed by atoms with Crippen molar-refractivity contribution in [1.29, 1.82) is 0 Å². The Hall–Kier alpha value is -0.710. The minimum absolute atomic E-state index is 0.0404. The van der Waals surface area contributed by atoms with E-state index in [9.17, 15) is 15.0 Å². The lowest BCUT2D eigenvalue weighted by molar-refractivity contribution is -0.164. The van der Waals surface area contributed by atoms with Gasteiger partial charge in [-0.25, -0.2) is 0 Å². The first-order chi connectivity index (χ1) is 15.4. The van der Waals surface area contributed by atoms with Gasteiger partial charge in [-0.3, -0.25) is 4.79 Å². The zero-order valence-electron chi connectivity index (χ0n) is 21.8. The zero-order valence-corrected chi connectivity index (χ0v) is 21.8. The quantitative estimate of drug-likeness (QED) is 0.541. The van der Waals surface area contributed by atoms with Gasteiger partial charge in [-0.05, 0) is 80.5 Å². The van der Waals surface area contributed by atoms with Crippen molar-refractivity contribution in [1.82, 2.24) is 0 Å². The summed E-state index contributed by atoms with van der Waals surface area (Å²) >= 11 is 0. The summed E-state index contributed by atoms with van der Waals surface area (Å²) in [5.41, 5.74) is 2.90. The number of ether oxygens (including phenoxy) is 1. The summed E-state index contributed by atoms with van der Waals surface area (Å²) in [7, 11) is 0. The van der Waals surface area contributed by atoms with Crippen LogP contribution >= 0.6 is 0 Å². The molecule has 0 aromatic rings. The fourth-order valence-electron chi connectivity index (χ4n) is 10.1. The van der Waals surface area contributed by atoms with Gasteiger partial charge in [-0.1, -0.05) is 52.7 Å². The summed E-state index contributed by atoms with van der Waals surface area (Å²) < 4.78 is 6.85. The van der Waals surface area contributed by atoms with Gasteiger partial charge in [0.15, 0.2) is 5.78 Å². The molecule has 1 aliphatic heterocycles. The van der Waals surface area contributed by atoms with E-state index in [0.29, 0.717) is 18.3 Å². The van der Waals surface area contributed by atoms with Crippen LogP contribution in [0.3, 0.4) is 0 Å². The van der Waals surface area contributed by atoms with Crippen LogP contribution in [-0.2, 0) is 9.53 Å². The molecule has 0 aromatic carbocycles. The van der Waals surface area contributed by atoms with Gasteiger partial charge in [0.1, 0.15) is 6.10 Å². The van der Waals surface area contributed by atoms with Crippen molar-refractivity contribution in [2.45, 2.75) is 124 Å². The maximum Gasteiger partial charge on any atom is 0.161 e. The van der Waals surface area contributed by atoms with E-state index in [2.05, 4.69) is 34.6 Å². The molecule has 1 saturated heterocycles. The van der Waals surface area contributed by atoms with Crippen molar-refractivity contribution in [3.63, 3.8) is 0 Å². The predicted molar refractivity (Wildman–Crippen MR) is 130 cm³/mol. The van der Waals surface area contributed by atoms with E-state index >= 15 is 0 Å². The third-order valence-electron chi connectivity index (χ3n) is 12.5. The largest absolute Gasteiger partial charge is 0.396 e. The van der Waals surface area contributed by atoms with Gasteiger partial charge in [0.25, 0.3) is 0 Å². The molecule has 1 heterocycles. The zero-order chi connectivity index (χ0) is 24.0. The topological polar surface area (TPSA) is 66.8 Å².